The molecule has 0 spiro atoms. The molecule has 8 nitrogen and oxygen atoms in total. The number of hydrogen-bond donors (Lipinski definition) is 3. The molecule has 2 bridgehead atoms. The van der Waals surface area contributed by atoms with Crippen LogP contribution in [0.25, 0.3) is 0 Å². The van der Waals surface area contributed by atoms with Gasteiger partial charge in [-0.05, 0) is 36.8 Å². The Hall–Kier alpha value is -2.29. The van der Waals surface area contributed by atoms with Gasteiger partial charge in [0.2, 0.25) is 11.8 Å². The van der Waals surface area contributed by atoms with Gasteiger partial charge in [0, 0.05) is 37.2 Å². The molecule has 4 N–H and O–H groups in total. The van der Waals surface area contributed by atoms with E-state index in [1.165, 1.54) is 0 Å². The molecule has 0 radical (unpaired) electrons. The fourth-order valence-electron chi connectivity index (χ4n) is 5.30. The smallest absolute Gasteiger partial charge is 0.255 e. The summed E-state index contributed by atoms with van der Waals surface area (Å²) < 4.78 is 5.98. The predicted octanol–water partition coefficient (Wildman–Crippen LogP) is 0.188. The van der Waals surface area contributed by atoms with Crippen molar-refractivity contribution in [2.24, 2.45) is 5.73 Å². The summed E-state index contributed by atoms with van der Waals surface area (Å²) in [5.74, 6) is -0.794. The van der Waals surface area contributed by atoms with Crippen LogP contribution in [0.2, 0.25) is 0 Å². The highest BCUT2D eigenvalue weighted by Crippen LogP contribution is 2.45. The summed E-state index contributed by atoms with van der Waals surface area (Å²) >= 11 is 0. The molecule has 3 fully saturated rings. The number of carbonyl (C=O) groups excluding carboxylic acids is 3. The molecule has 1 aliphatic carbocycles. The Bertz CT molecular complexity index is 891. The number of amides is 3. The normalized spacial score (nSPS) is 33.3. The van der Waals surface area contributed by atoms with E-state index in [2.05, 4.69) is 10.6 Å². The minimum Gasteiger partial charge on any atom is -0.372 e. The molecule has 1 aromatic rings. The number of ether oxygens (including phenoxy) is 1. The van der Waals surface area contributed by atoms with E-state index in [1.807, 2.05) is 18.2 Å². The van der Waals surface area contributed by atoms with Crippen LogP contribution < -0.4 is 16.4 Å². The van der Waals surface area contributed by atoms with Gasteiger partial charge < -0.3 is 20.7 Å². The Morgan fingerprint density at radius 1 is 1.28 bits per heavy atom. The summed E-state index contributed by atoms with van der Waals surface area (Å²) in [6.07, 6.45) is 3.47. The summed E-state index contributed by atoms with van der Waals surface area (Å²) in [5, 5.41) is 5.81. The zero-order valence-electron chi connectivity index (χ0n) is 16.3. The third-order valence-corrected chi connectivity index (χ3v) is 6.82. The van der Waals surface area contributed by atoms with Crippen LogP contribution in [0.15, 0.2) is 18.2 Å². The number of nitrogens with zero attached hydrogens (tertiary/aromatic N) is 1. The van der Waals surface area contributed by atoms with Crippen LogP contribution in [0.4, 0.5) is 0 Å². The lowest BCUT2D eigenvalue weighted by Gasteiger charge is -2.29. The maximum Gasteiger partial charge on any atom is 0.255 e. The third-order valence-electron chi connectivity index (χ3n) is 6.82. The topological polar surface area (TPSA) is 114 Å². The summed E-state index contributed by atoms with van der Waals surface area (Å²) in [5.41, 5.74) is 8.48. The first kappa shape index (κ1) is 18.7. The molecule has 3 unspecified atom stereocenters. The summed E-state index contributed by atoms with van der Waals surface area (Å²) in [6, 6.07) is 5.24. The van der Waals surface area contributed by atoms with Gasteiger partial charge in [0.05, 0.1) is 12.2 Å². The van der Waals surface area contributed by atoms with Crippen LogP contribution in [0.1, 0.15) is 53.6 Å². The number of rotatable bonds is 5. The predicted molar refractivity (Wildman–Crippen MR) is 104 cm³/mol. The molecule has 2 saturated heterocycles. The Kier molecular flexibility index (Phi) is 4.27. The second kappa shape index (κ2) is 6.62. The second-order valence-corrected chi connectivity index (χ2v) is 8.97. The van der Waals surface area contributed by atoms with Crippen molar-refractivity contribution in [3.05, 3.63) is 34.9 Å². The summed E-state index contributed by atoms with van der Waals surface area (Å²) in [7, 11) is 0. The quantitative estimate of drug-likeness (QED) is 0.610. The second-order valence-electron chi connectivity index (χ2n) is 8.97. The Labute approximate surface area is 169 Å². The van der Waals surface area contributed by atoms with Crippen LogP contribution in [0, 0.1) is 0 Å². The molecule has 3 heterocycles. The molecule has 154 valence electrons. The average molecular weight is 398 g/mol. The van der Waals surface area contributed by atoms with Crippen molar-refractivity contribution in [3.63, 3.8) is 0 Å². The first-order chi connectivity index (χ1) is 13.9. The van der Waals surface area contributed by atoms with E-state index in [1.54, 1.807) is 4.90 Å². The maximum absolute atomic E-state index is 13.1. The number of carbonyl (C=O) groups is 3. The largest absolute Gasteiger partial charge is 0.372 e. The number of piperidine rings is 1. The Morgan fingerprint density at radius 2 is 2.14 bits per heavy atom. The number of nitrogens with one attached hydrogen (secondary N) is 2. The third kappa shape index (κ3) is 3.15. The zero-order chi connectivity index (χ0) is 20.2. The molecule has 3 aliphatic heterocycles. The van der Waals surface area contributed by atoms with Crippen molar-refractivity contribution in [3.8, 4) is 0 Å². The summed E-state index contributed by atoms with van der Waals surface area (Å²) in [6.45, 7) is 2.29. The lowest BCUT2D eigenvalue weighted by molar-refractivity contribution is -0.136. The van der Waals surface area contributed by atoms with Gasteiger partial charge >= 0.3 is 0 Å². The molecule has 1 aromatic carbocycles. The monoisotopic (exact) mass is 398 g/mol. The molecule has 4 aliphatic rings. The standard InChI is InChI=1S/C21H26N4O4/c22-20-6-7-21(10-20,29-12-20)11-23-8-13-2-1-3-14-9-25(19(28)17(13)14)15-4-5-16(26)24-18(15)27/h1-3,15,23H,4-12,22H2,(H,24,26,27). The highest BCUT2D eigenvalue weighted by molar-refractivity contribution is 6.05. The fourth-order valence-corrected chi connectivity index (χ4v) is 5.30. The van der Waals surface area contributed by atoms with Crippen molar-refractivity contribution in [1.82, 2.24) is 15.5 Å². The van der Waals surface area contributed by atoms with Gasteiger partial charge in [0.25, 0.3) is 5.91 Å². The van der Waals surface area contributed by atoms with Crippen molar-refractivity contribution < 1.29 is 19.1 Å². The van der Waals surface area contributed by atoms with Crippen molar-refractivity contribution in [2.45, 2.75) is 62.4 Å². The molecule has 1 saturated carbocycles. The number of fused-ring (bicyclic) bond motifs is 3. The number of hydrogen-bond acceptors (Lipinski definition) is 6. The molecular weight excluding hydrogens is 372 g/mol. The van der Waals surface area contributed by atoms with E-state index in [9.17, 15) is 14.4 Å². The van der Waals surface area contributed by atoms with E-state index in [4.69, 9.17) is 10.5 Å². The van der Waals surface area contributed by atoms with E-state index >= 15 is 0 Å². The zero-order valence-corrected chi connectivity index (χ0v) is 16.3. The van der Waals surface area contributed by atoms with Crippen LogP contribution >= 0.6 is 0 Å². The molecule has 8 heteroatoms. The van der Waals surface area contributed by atoms with Crippen LogP contribution in [0.5, 0.6) is 0 Å². The Balaban J connectivity index is 1.28. The van der Waals surface area contributed by atoms with Gasteiger partial charge in [-0.25, -0.2) is 0 Å². The van der Waals surface area contributed by atoms with Crippen LogP contribution in [0.3, 0.4) is 0 Å². The molecule has 29 heavy (non-hydrogen) atoms. The van der Waals surface area contributed by atoms with E-state index in [-0.39, 0.29) is 35.3 Å². The van der Waals surface area contributed by atoms with Gasteiger partial charge in [-0.3, -0.25) is 19.7 Å². The highest BCUT2D eigenvalue weighted by atomic mass is 16.5. The van der Waals surface area contributed by atoms with Gasteiger partial charge in [-0.1, -0.05) is 18.2 Å². The molecule has 0 aromatic heterocycles. The first-order valence-electron chi connectivity index (χ1n) is 10.3. The minimum absolute atomic E-state index is 0.135. The summed E-state index contributed by atoms with van der Waals surface area (Å²) in [4.78, 5) is 38.4. The van der Waals surface area contributed by atoms with E-state index < -0.39 is 6.04 Å². The highest BCUT2D eigenvalue weighted by Gasteiger charge is 2.53. The first-order valence-corrected chi connectivity index (χ1v) is 10.3. The van der Waals surface area contributed by atoms with E-state index in [0.717, 1.165) is 30.4 Å². The van der Waals surface area contributed by atoms with E-state index in [0.29, 0.717) is 38.2 Å². The lowest BCUT2D eigenvalue weighted by Crippen LogP contribution is -2.52. The van der Waals surface area contributed by atoms with Crippen LogP contribution in [-0.4, -0.2) is 53.0 Å². The van der Waals surface area contributed by atoms with Gasteiger partial charge in [-0.15, -0.1) is 0 Å². The number of benzene rings is 1. The van der Waals surface area contributed by atoms with Crippen molar-refractivity contribution in [1.29, 1.82) is 0 Å². The van der Waals surface area contributed by atoms with Crippen molar-refractivity contribution in [2.75, 3.05) is 13.2 Å². The van der Waals surface area contributed by atoms with Crippen molar-refractivity contribution >= 4 is 17.7 Å². The fraction of sp³-hybridized carbons (Fsp3) is 0.571. The van der Waals surface area contributed by atoms with Gasteiger partial charge in [0.15, 0.2) is 0 Å². The lowest BCUT2D eigenvalue weighted by atomic mass is 9.99. The average Bonchev–Trinajstić information content (AvgIpc) is 3.31. The SMILES string of the molecule is NC12CCC(CNCc3cccc4c3C(=O)N(C3CCC(=O)NC3=O)C4)(C1)OC2. The van der Waals surface area contributed by atoms with Crippen LogP contribution in [-0.2, 0) is 27.4 Å². The molecule has 3 amide bonds. The molecule has 5 rings (SSSR count). The molecular formula is C21H26N4O4. The Morgan fingerprint density at radius 3 is 2.83 bits per heavy atom. The minimum atomic E-state index is -0.588. The molecule has 3 atom stereocenters. The van der Waals surface area contributed by atoms with Gasteiger partial charge in [-0.2, -0.15) is 0 Å². The number of imide groups is 1. The van der Waals surface area contributed by atoms with Gasteiger partial charge in [0.1, 0.15) is 6.04 Å². The number of nitrogens with two attached hydrogens (primary N) is 1. The maximum atomic E-state index is 13.1.